The summed E-state index contributed by atoms with van der Waals surface area (Å²) in [5.74, 6) is 0.785. The van der Waals surface area contributed by atoms with Crippen molar-refractivity contribution in [3.63, 3.8) is 0 Å². The van der Waals surface area contributed by atoms with Gasteiger partial charge in [-0.3, -0.25) is 9.36 Å². The molecule has 6 nitrogen and oxygen atoms in total. The van der Waals surface area contributed by atoms with Crippen LogP contribution in [0.2, 0.25) is 0 Å². The van der Waals surface area contributed by atoms with Gasteiger partial charge in [0.2, 0.25) is 0 Å². The fourth-order valence-corrected chi connectivity index (χ4v) is 6.39. The lowest BCUT2D eigenvalue weighted by atomic mass is 9.93. The van der Waals surface area contributed by atoms with Gasteiger partial charge in [0.1, 0.15) is 10.6 Å². The van der Waals surface area contributed by atoms with E-state index in [0.29, 0.717) is 12.6 Å². The van der Waals surface area contributed by atoms with Crippen LogP contribution in [0, 0.1) is 6.54 Å². The van der Waals surface area contributed by atoms with E-state index in [0.717, 1.165) is 58.1 Å². The Balaban J connectivity index is 1.30. The standard InChI is InChI=1S/C28H27N4O2S/c1-34-24-9-6-19-4-2-3-5-21(19)23(24)16-32-17-31-27-26(28(32)33)22-8-7-20(14-25(22)35-27)30-15-18-10-12-29-13-11-18/h2-6,9-13,17,20,29-30H,7-8,14-16H2,1H3. The average Bonchev–Trinajstić information content (AvgIpc) is 3.28. The molecule has 0 saturated carbocycles. The number of hydrogen-bond acceptors (Lipinski definition) is 6. The smallest absolute Gasteiger partial charge is 0.262 e. The first-order valence-corrected chi connectivity index (χ1v) is 12.8. The predicted molar refractivity (Wildman–Crippen MR) is 142 cm³/mol. The number of methoxy groups -OCH3 is 1. The van der Waals surface area contributed by atoms with Gasteiger partial charge < -0.3 is 15.4 Å². The van der Waals surface area contributed by atoms with Gasteiger partial charge in [-0.05, 0) is 59.5 Å². The third-order valence-electron chi connectivity index (χ3n) is 6.96. The van der Waals surface area contributed by atoms with Crippen LogP contribution in [0.1, 0.15) is 22.4 Å². The van der Waals surface area contributed by atoms with E-state index in [9.17, 15) is 4.79 Å². The molecule has 6 rings (SSSR count). The maximum Gasteiger partial charge on any atom is 0.262 e. The molecule has 2 aromatic carbocycles. The van der Waals surface area contributed by atoms with Crippen LogP contribution >= 0.6 is 11.3 Å². The number of rotatable bonds is 6. The second-order valence-electron chi connectivity index (χ2n) is 9.06. The number of aromatic nitrogens is 2. The highest BCUT2D eigenvalue weighted by Gasteiger charge is 2.25. The van der Waals surface area contributed by atoms with Gasteiger partial charge >= 0.3 is 0 Å². The molecular weight excluding hydrogens is 456 g/mol. The van der Waals surface area contributed by atoms with Crippen LogP contribution in [-0.2, 0) is 19.4 Å². The lowest BCUT2D eigenvalue weighted by molar-refractivity contribution is 0.409. The quantitative estimate of drug-likeness (QED) is 0.428. The monoisotopic (exact) mass is 483 g/mol. The Bertz CT molecular complexity index is 1530. The topological polar surface area (TPSA) is 68.2 Å². The van der Waals surface area contributed by atoms with Crippen molar-refractivity contribution in [1.29, 1.82) is 0 Å². The van der Waals surface area contributed by atoms with Crippen LogP contribution in [-0.4, -0.2) is 29.2 Å². The van der Waals surface area contributed by atoms with Crippen molar-refractivity contribution in [2.24, 2.45) is 0 Å². The first-order valence-electron chi connectivity index (χ1n) is 11.9. The number of ether oxygens (including phenoxy) is 1. The molecule has 2 aliphatic rings. The molecule has 0 saturated heterocycles. The van der Waals surface area contributed by atoms with Crippen LogP contribution < -0.4 is 20.9 Å². The van der Waals surface area contributed by atoms with Crippen LogP contribution in [0.5, 0.6) is 5.75 Å². The maximum absolute atomic E-state index is 13.7. The Morgan fingerprint density at radius 3 is 3.03 bits per heavy atom. The number of benzene rings is 2. The molecule has 177 valence electrons. The zero-order valence-corrected chi connectivity index (χ0v) is 20.4. The summed E-state index contributed by atoms with van der Waals surface area (Å²) in [6.45, 7) is 3.22. The molecule has 0 fully saturated rings. The molecule has 1 atom stereocenters. The molecule has 1 aliphatic heterocycles. The Labute approximate surface area is 208 Å². The van der Waals surface area contributed by atoms with E-state index >= 15 is 0 Å². The highest BCUT2D eigenvalue weighted by atomic mass is 32.1. The minimum Gasteiger partial charge on any atom is -0.496 e. The van der Waals surface area contributed by atoms with Crippen molar-refractivity contribution in [2.45, 2.75) is 31.8 Å². The van der Waals surface area contributed by atoms with Crippen molar-refractivity contribution >= 4 is 32.3 Å². The van der Waals surface area contributed by atoms with Gasteiger partial charge in [0.05, 0.1) is 31.9 Å². The lowest BCUT2D eigenvalue weighted by Crippen LogP contribution is -2.35. The summed E-state index contributed by atoms with van der Waals surface area (Å²) < 4.78 is 7.39. The molecule has 1 radical (unpaired) electrons. The van der Waals surface area contributed by atoms with Crippen molar-refractivity contribution < 1.29 is 4.74 Å². The molecule has 1 aliphatic carbocycles. The summed E-state index contributed by atoms with van der Waals surface area (Å²) in [5.41, 5.74) is 3.49. The van der Waals surface area contributed by atoms with E-state index in [4.69, 9.17) is 9.72 Å². The van der Waals surface area contributed by atoms with E-state index in [2.05, 4.69) is 41.0 Å². The van der Waals surface area contributed by atoms with Gasteiger partial charge in [-0.25, -0.2) is 4.98 Å². The van der Waals surface area contributed by atoms with E-state index in [1.165, 1.54) is 16.0 Å². The van der Waals surface area contributed by atoms with Crippen LogP contribution in [0.4, 0.5) is 0 Å². The van der Waals surface area contributed by atoms with Crippen molar-refractivity contribution in [3.05, 3.63) is 99.6 Å². The fourth-order valence-electron chi connectivity index (χ4n) is 5.13. The number of hydrogen-bond donors (Lipinski definition) is 2. The molecule has 2 N–H and O–H groups in total. The molecule has 4 aromatic rings. The summed E-state index contributed by atoms with van der Waals surface area (Å²) in [6, 6.07) is 12.6. The van der Waals surface area contributed by atoms with Gasteiger partial charge in [0.25, 0.3) is 5.56 Å². The minimum absolute atomic E-state index is 0.0365. The van der Waals surface area contributed by atoms with Crippen LogP contribution in [0.15, 0.2) is 71.4 Å². The highest BCUT2D eigenvalue weighted by molar-refractivity contribution is 7.18. The molecule has 35 heavy (non-hydrogen) atoms. The van der Waals surface area contributed by atoms with E-state index < -0.39 is 0 Å². The minimum atomic E-state index is 0.0365. The molecule has 0 bridgehead atoms. The molecule has 3 heterocycles. The number of nitrogens with one attached hydrogen (secondary N) is 2. The van der Waals surface area contributed by atoms with Gasteiger partial charge in [0, 0.05) is 23.0 Å². The first-order chi connectivity index (χ1) is 17.2. The third-order valence-corrected chi connectivity index (χ3v) is 8.13. The maximum atomic E-state index is 13.7. The summed E-state index contributed by atoms with van der Waals surface area (Å²) in [6.07, 6.45) is 10.7. The van der Waals surface area contributed by atoms with E-state index in [-0.39, 0.29) is 5.56 Å². The Hall–Kier alpha value is -3.42. The number of nitrogens with zero attached hydrogens (tertiary/aromatic N) is 2. The van der Waals surface area contributed by atoms with Gasteiger partial charge in [-0.2, -0.15) is 0 Å². The Morgan fingerprint density at radius 2 is 2.17 bits per heavy atom. The first kappa shape index (κ1) is 22.1. The van der Waals surface area contributed by atoms with E-state index in [1.54, 1.807) is 29.3 Å². The summed E-state index contributed by atoms with van der Waals surface area (Å²) in [5, 5.41) is 9.77. The molecule has 7 heteroatoms. The Kier molecular flexibility index (Phi) is 5.88. The van der Waals surface area contributed by atoms with Crippen LogP contribution in [0.25, 0.3) is 21.0 Å². The predicted octanol–water partition coefficient (Wildman–Crippen LogP) is 4.32. The van der Waals surface area contributed by atoms with Crippen molar-refractivity contribution in [1.82, 2.24) is 20.2 Å². The molecule has 2 aromatic heterocycles. The number of dihydropyridines is 1. The van der Waals surface area contributed by atoms with Crippen molar-refractivity contribution in [3.8, 4) is 5.75 Å². The Morgan fingerprint density at radius 1 is 1.26 bits per heavy atom. The molecule has 1 unspecified atom stereocenters. The largest absolute Gasteiger partial charge is 0.496 e. The fraction of sp³-hybridized carbons (Fsp3) is 0.250. The average molecular weight is 484 g/mol. The lowest BCUT2D eigenvalue weighted by Gasteiger charge is -2.24. The number of thiophene rings is 1. The van der Waals surface area contributed by atoms with Crippen molar-refractivity contribution in [2.75, 3.05) is 13.7 Å². The van der Waals surface area contributed by atoms with Gasteiger partial charge in [-0.15, -0.1) is 11.3 Å². The highest BCUT2D eigenvalue weighted by Crippen LogP contribution is 2.34. The SMILES string of the molecule is COc1ccc2ccccc2c1Cn1cnc2sc3c(c2c1=O)CCC(NCC1=C[CH]NC=C1)C3. The molecular formula is C28H27N4O2S. The zero-order valence-electron chi connectivity index (χ0n) is 19.6. The molecule has 0 amide bonds. The number of fused-ring (bicyclic) bond motifs is 4. The summed E-state index contributed by atoms with van der Waals surface area (Å²) >= 11 is 1.67. The van der Waals surface area contributed by atoms with Crippen LogP contribution in [0.3, 0.4) is 0 Å². The molecule has 0 spiro atoms. The van der Waals surface area contributed by atoms with Gasteiger partial charge in [0.15, 0.2) is 0 Å². The second-order valence-corrected chi connectivity index (χ2v) is 10.1. The summed E-state index contributed by atoms with van der Waals surface area (Å²) in [4.78, 5) is 20.5. The summed E-state index contributed by atoms with van der Waals surface area (Å²) in [7, 11) is 1.67. The van der Waals surface area contributed by atoms with E-state index in [1.807, 2.05) is 30.9 Å². The zero-order chi connectivity index (χ0) is 23.8. The normalized spacial score (nSPS) is 17.3. The van der Waals surface area contributed by atoms with Gasteiger partial charge in [-0.1, -0.05) is 36.4 Å². The second kappa shape index (κ2) is 9.32. The number of aryl methyl sites for hydroxylation is 1. The third kappa shape index (κ3) is 4.15.